The maximum absolute atomic E-state index is 12.2. The molecule has 0 amide bonds. The lowest BCUT2D eigenvalue weighted by molar-refractivity contribution is -0.384. The van der Waals surface area contributed by atoms with Crippen molar-refractivity contribution in [1.29, 1.82) is 0 Å². The molecule has 3 aromatic rings. The standard InChI is InChI=1S/C21H19N3O4S/c1-14-13-29-20(22-14)17(21(25)28-3)11-15-9-10-18(19(12-15)24(26)27)23(2)16-7-5-4-6-8-16/h4-13H,1-3H3/b17-11-. The fraction of sp³-hybridized carbons (Fsp3) is 0.143. The number of hydrogen-bond donors (Lipinski definition) is 0. The van der Waals surface area contributed by atoms with Crippen LogP contribution in [0.25, 0.3) is 11.6 Å². The summed E-state index contributed by atoms with van der Waals surface area (Å²) in [5.41, 5.74) is 2.75. The summed E-state index contributed by atoms with van der Waals surface area (Å²) >= 11 is 1.31. The van der Waals surface area contributed by atoms with Crippen molar-refractivity contribution in [2.45, 2.75) is 6.92 Å². The number of hydrogen-bond acceptors (Lipinski definition) is 7. The van der Waals surface area contributed by atoms with E-state index >= 15 is 0 Å². The van der Waals surface area contributed by atoms with Crippen molar-refractivity contribution in [3.05, 3.63) is 80.3 Å². The van der Waals surface area contributed by atoms with E-state index < -0.39 is 10.9 Å². The third-order valence-corrected chi connectivity index (χ3v) is 5.26. The Labute approximate surface area is 172 Å². The second-order valence-electron chi connectivity index (χ2n) is 6.24. The van der Waals surface area contributed by atoms with E-state index in [1.807, 2.05) is 42.6 Å². The van der Waals surface area contributed by atoms with Gasteiger partial charge in [-0.25, -0.2) is 9.78 Å². The minimum Gasteiger partial charge on any atom is -0.465 e. The number of ether oxygens (including phenoxy) is 1. The Morgan fingerprint density at radius 3 is 2.55 bits per heavy atom. The molecule has 29 heavy (non-hydrogen) atoms. The first-order chi connectivity index (χ1) is 13.9. The number of thiazole rings is 1. The number of para-hydroxylation sites is 1. The van der Waals surface area contributed by atoms with Crippen molar-refractivity contribution in [2.24, 2.45) is 0 Å². The molecule has 0 N–H and O–H groups in total. The van der Waals surface area contributed by atoms with E-state index in [1.54, 1.807) is 30.2 Å². The molecule has 0 atom stereocenters. The zero-order chi connectivity index (χ0) is 21.0. The quantitative estimate of drug-likeness (QED) is 0.251. The number of carbonyl (C=O) groups excluding carboxylic acids is 1. The van der Waals surface area contributed by atoms with Gasteiger partial charge in [0.25, 0.3) is 5.69 Å². The molecule has 2 aromatic carbocycles. The van der Waals surface area contributed by atoms with Crippen LogP contribution in [0.1, 0.15) is 16.3 Å². The number of aromatic nitrogens is 1. The number of aryl methyl sites for hydroxylation is 1. The fourth-order valence-electron chi connectivity index (χ4n) is 2.81. The van der Waals surface area contributed by atoms with E-state index in [4.69, 9.17) is 4.74 Å². The van der Waals surface area contributed by atoms with Crippen LogP contribution < -0.4 is 4.90 Å². The van der Waals surface area contributed by atoms with Gasteiger partial charge in [0.05, 0.1) is 17.6 Å². The van der Waals surface area contributed by atoms with Crippen LogP contribution in [0.5, 0.6) is 0 Å². The van der Waals surface area contributed by atoms with Gasteiger partial charge >= 0.3 is 5.97 Å². The van der Waals surface area contributed by atoms with Crippen LogP contribution in [-0.2, 0) is 9.53 Å². The van der Waals surface area contributed by atoms with E-state index in [0.717, 1.165) is 11.4 Å². The molecular weight excluding hydrogens is 390 g/mol. The van der Waals surface area contributed by atoms with Gasteiger partial charge < -0.3 is 9.64 Å². The van der Waals surface area contributed by atoms with Crippen molar-refractivity contribution in [2.75, 3.05) is 19.1 Å². The predicted octanol–water partition coefficient (Wildman–Crippen LogP) is 4.84. The molecule has 1 aromatic heterocycles. The predicted molar refractivity (Wildman–Crippen MR) is 114 cm³/mol. The van der Waals surface area contributed by atoms with Gasteiger partial charge in [-0.15, -0.1) is 11.3 Å². The molecule has 0 saturated carbocycles. The second-order valence-corrected chi connectivity index (χ2v) is 7.10. The van der Waals surface area contributed by atoms with Gasteiger partial charge in [0.2, 0.25) is 0 Å². The number of nitro groups is 1. The Kier molecular flexibility index (Phi) is 6.04. The highest BCUT2D eigenvalue weighted by Crippen LogP contribution is 2.34. The largest absolute Gasteiger partial charge is 0.465 e. The summed E-state index contributed by atoms with van der Waals surface area (Å²) in [5, 5.41) is 14.0. The first-order valence-electron chi connectivity index (χ1n) is 8.70. The first-order valence-corrected chi connectivity index (χ1v) is 9.58. The highest BCUT2D eigenvalue weighted by Gasteiger charge is 2.21. The monoisotopic (exact) mass is 409 g/mol. The maximum Gasteiger partial charge on any atom is 0.340 e. The number of rotatable bonds is 6. The highest BCUT2D eigenvalue weighted by molar-refractivity contribution is 7.11. The zero-order valence-corrected chi connectivity index (χ0v) is 17.0. The van der Waals surface area contributed by atoms with Crippen LogP contribution in [-0.4, -0.2) is 30.0 Å². The average molecular weight is 409 g/mol. The lowest BCUT2D eigenvalue weighted by Crippen LogP contribution is -2.11. The first kappa shape index (κ1) is 20.2. The van der Waals surface area contributed by atoms with Crippen molar-refractivity contribution >= 4 is 46.0 Å². The van der Waals surface area contributed by atoms with Crippen LogP contribution in [0.4, 0.5) is 17.1 Å². The highest BCUT2D eigenvalue weighted by atomic mass is 32.1. The van der Waals surface area contributed by atoms with Crippen LogP contribution >= 0.6 is 11.3 Å². The third kappa shape index (κ3) is 4.49. The van der Waals surface area contributed by atoms with E-state index in [1.165, 1.54) is 24.5 Å². The smallest absolute Gasteiger partial charge is 0.340 e. The average Bonchev–Trinajstić information content (AvgIpc) is 3.17. The Balaban J connectivity index is 2.06. The van der Waals surface area contributed by atoms with E-state index in [9.17, 15) is 14.9 Å². The topological polar surface area (TPSA) is 85.6 Å². The van der Waals surface area contributed by atoms with Crippen LogP contribution in [0, 0.1) is 17.0 Å². The van der Waals surface area contributed by atoms with Crippen LogP contribution in [0.3, 0.4) is 0 Å². The zero-order valence-electron chi connectivity index (χ0n) is 16.2. The lowest BCUT2D eigenvalue weighted by Gasteiger charge is -2.19. The molecule has 0 radical (unpaired) electrons. The number of nitro benzene ring substituents is 1. The maximum atomic E-state index is 12.2. The summed E-state index contributed by atoms with van der Waals surface area (Å²) in [6.45, 7) is 1.83. The fourth-order valence-corrected chi connectivity index (χ4v) is 3.61. The molecule has 148 valence electrons. The second kappa shape index (κ2) is 8.66. The van der Waals surface area contributed by atoms with Gasteiger partial charge in [-0.2, -0.15) is 0 Å². The van der Waals surface area contributed by atoms with E-state index in [0.29, 0.717) is 16.3 Å². The molecule has 0 aliphatic heterocycles. The van der Waals surface area contributed by atoms with Gasteiger partial charge in [-0.05, 0) is 36.8 Å². The summed E-state index contributed by atoms with van der Waals surface area (Å²) in [6.07, 6.45) is 1.56. The molecule has 0 bridgehead atoms. The summed E-state index contributed by atoms with van der Waals surface area (Å²) < 4.78 is 4.86. The number of esters is 1. The molecule has 0 aliphatic carbocycles. The van der Waals surface area contributed by atoms with Gasteiger partial charge in [0, 0.05) is 29.9 Å². The number of anilines is 2. The minimum atomic E-state index is -0.549. The SMILES string of the molecule is COC(=O)/C(=C\c1ccc(N(C)c2ccccc2)c([N+](=O)[O-])c1)c1nc(C)cs1. The number of nitrogens with zero attached hydrogens (tertiary/aromatic N) is 3. The van der Waals surface area contributed by atoms with Crippen LogP contribution in [0.15, 0.2) is 53.9 Å². The van der Waals surface area contributed by atoms with E-state index in [2.05, 4.69) is 4.98 Å². The molecule has 0 fully saturated rings. The van der Waals surface area contributed by atoms with Gasteiger partial charge in [-0.3, -0.25) is 10.1 Å². The molecule has 0 spiro atoms. The third-order valence-electron chi connectivity index (χ3n) is 4.27. The molecule has 1 heterocycles. The van der Waals surface area contributed by atoms with Crippen molar-refractivity contribution in [3.63, 3.8) is 0 Å². The molecule has 8 heteroatoms. The Morgan fingerprint density at radius 2 is 1.97 bits per heavy atom. The summed E-state index contributed by atoms with van der Waals surface area (Å²) in [5.74, 6) is -0.549. The van der Waals surface area contributed by atoms with Crippen molar-refractivity contribution < 1.29 is 14.5 Å². The number of carbonyl (C=O) groups is 1. The van der Waals surface area contributed by atoms with Gasteiger partial charge in [-0.1, -0.05) is 24.3 Å². The molecule has 7 nitrogen and oxygen atoms in total. The molecule has 3 rings (SSSR count). The molecule has 0 unspecified atom stereocenters. The number of methoxy groups -OCH3 is 1. The van der Waals surface area contributed by atoms with Gasteiger partial charge in [0.15, 0.2) is 0 Å². The Morgan fingerprint density at radius 1 is 1.24 bits per heavy atom. The Hall–Kier alpha value is -3.52. The Bertz CT molecular complexity index is 1080. The molecule has 0 aliphatic rings. The summed E-state index contributed by atoms with van der Waals surface area (Å²) in [6, 6.07) is 14.2. The lowest BCUT2D eigenvalue weighted by atomic mass is 10.1. The number of benzene rings is 2. The van der Waals surface area contributed by atoms with Crippen molar-refractivity contribution in [3.8, 4) is 0 Å². The van der Waals surface area contributed by atoms with Gasteiger partial charge in [0.1, 0.15) is 10.7 Å². The van der Waals surface area contributed by atoms with E-state index in [-0.39, 0.29) is 11.3 Å². The summed E-state index contributed by atoms with van der Waals surface area (Å²) in [4.78, 5) is 29.6. The molecular formula is C21H19N3O4S. The normalized spacial score (nSPS) is 11.2. The minimum absolute atomic E-state index is 0.0651. The van der Waals surface area contributed by atoms with Crippen molar-refractivity contribution in [1.82, 2.24) is 4.98 Å². The van der Waals surface area contributed by atoms with Crippen LogP contribution in [0.2, 0.25) is 0 Å². The summed E-state index contributed by atoms with van der Waals surface area (Å²) in [7, 11) is 3.06. The molecule has 0 saturated heterocycles.